The number of nitrogens with zero attached hydrogens (tertiary/aromatic N) is 2. The van der Waals surface area contributed by atoms with Crippen molar-refractivity contribution in [1.82, 2.24) is 5.32 Å². The molecule has 1 aromatic carbocycles. The third-order valence-electron chi connectivity index (χ3n) is 4.35. The first-order valence-corrected chi connectivity index (χ1v) is 8.21. The fourth-order valence-electron chi connectivity index (χ4n) is 3.08. The van der Waals surface area contributed by atoms with Gasteiger partial charge in [0.1, 0.15) is 6.10 Å². The maximum absolute atomic E-state index is 12.1. The lowest BCUT2D eigenvalue weighted by molar-refractivity contribution is -0.121. The first kappa shape index (κ1) is 16.3. The average Bonchev–Trinajstić information content (AvgIpc) is 3.10. The Kier molecular flexibility index (Phi) is 4.42. The van der Waals surface area contributed by atoms with E-state index in [4.69, 9.17) is 4.74 Å². The number of hydrogen-bond acceptors (Lipinski definition) is 4. The SMILES string of the molecule is CCC(=O)NC[C@H]1CN(c2ccc3c(c2)CC(=O)N3CC)C(=O)O1. The summed E-state index contributed by atoms with van der Waals surface area (Å²) in [5.41, 5.74) is 2.55. The van der Waals surface area contributed by atoms with Crippen LogP contribution in [-0.2, 0) is 20.7 Å². The number of ether oxygens (including phenoxy) is 1. The topological polar surface area (TPSA) is 79.0 Å². The van der Waals surface area contributed by atoms with Crippen molar-refractivity contribution in [3.05, 3.63) is 23.8 Å². The summed E-state index contributed by atoms with van der Waals surface area (Å²) < 4.78 is 5.30. The molecule has 0 radical (unpaired) electrons. The molecule has 0 aliphatic carbocycles. The molecule has 0 bridgehead atoms. The Labute approximate surface area is 140 Å². The van der Waals surface area contributed by atoms with Crippen molar-refractivity contribution in [2.24, 2.45) is 0 Å². The van der Waals surface area contributed by atoms with E-state index in [9.17, 15) is 14.4 Å². The molecule has 2 heterocycles. The minimum atomic E-state index is -0.428. The van der Waals surface area contributed by atoms with Crippen molar-refractivity contribution in [1.29, 1.82) is 0 Å². The summed E-state index contributed by atoms with van der Waals surface area (Å²) in [6.07, 6.45) is -0.0371. The predicted octanol–water partition coefficient (Wildman–Crippen LogP) is 1.45. The average molecular weight is 331 g/mol. The Morgan fingerprint density at radius 3 is 2.83 bits per heavy atom. The highest BCUT2D eigenvalue weighted by atomic mass is 16.6. The van der Waals surface area contributed by atoms with Gasteiger partial charge in [-0.15, -0.1) is 0 Å². The second-order valence-electron chi connectivity index (χ2n) is 5.90. The van der Waals surface area contributed by atoms with Crippen LogP contribution in [-0.4, -0.2) is 43.6 Å². The van der Waals surface area contributed by atoms with Gasteiger partial charge in [-0.25, -0.2) is 4.79 Å². The number of anilines is 2. The summed E-state index contributed by atoms with van der Waals surface area (Å²) >= 11 is 0. The smallest absolute Gasteiger partial charge is 0.414 e. The summed E-state index contributed by atoms with van der Waals surface area (Å²) in [6, 6.07) is 5.57. The van der Waals surface area contributed by atoms with Crippen LogP contribution in [0.4, 0.5) is 16.2 Å². The van der Waals surface area contributed by atoms with Crippen LogP contribution in [0.2, 0.25) is 0 Å². The van der Waals surface area contributed by atoms with E-state index in [1.807, 2.05) is 25.1 Å². The van der Waals surface area contributed by atoms with Crippen LogP contribution in [0.25, 0.3) is 0 Å². The Morgan fingerprint density at radius 1 is 1.33 bits per heavy atom. The molecular formula is C17H21N3O4. The van der Waals surface area contributed by atoms with Crippen LogP contribution in [0.3, 0.4) is 0 Å². The molecule has 128 valence electrons. The zero-order chi connectivity index (χ0) is 17.3. The number of carbonyl (C=O) groups is 3. The lowest BCUT2D eigenvalue weighted by Crippen LogP contribution is -2.34. The number of benzene rings is 1. The molecular weight excluding hydrogens is 310 g/mol. The molecule has 7 nitrogen and oxygen atoms in total. The molecule has 24 heavy (non-hydrogen) atoms. The van der Waals surface area contributed by atoms with E-state index in [1.54, 1.807) is 16.7 Å². The quantitative estimate of drug-likeness (QED) is 0.886. The molecule has 1 N–H and O–H groups in total. The fourth-order valence-corrected chi connectivity index (χ4v) is 3.08. The van der Waals surface area contributed by atoms with Gasteiger partial charge in [-0.2, -0.15) is 0 Å². The van der Waals surface area contributed by atoms with Gasteiger partial charge in [-0.3, -0.25) is 14.5 Å². The highest BCUT2D eigenvalue weighted by Crippen LogP contribution is 2.33. The van der Waals surface area contributed by atoms with Gasteiger partial charge >= 0.3 is 6.09 Å². The normalized spacial score (nSPS) is 19.5. The van der Waals surface area contributed by atoms with Crippen molar-refractivity contribution in [2.75, 3.05) is 29.4 Å². The molecule has 1 saturated heterocycles. The van der Waals surface area contributed by atoms with E-state index in [1.165, 1.54) is 0 Å². The van der Waals surface area contributed by atoms with Crippen molar-refractivity contribution >= 4 is 29.3 Å². The van der Waals surface area contributed by atoms with Crippen LogP contribution in [0.15, 0.2) is 18.2 Å². The van der Waals surface area contributed by atoms with Crippen molar-refractivity contribution in [3.8, 4) is 0 Å². The third-order valence-corrected chi connectivity index (χ3v) is 4.35. The second kappa shape index (κ2) is 6.51. The zero-order valence-electron chi connectivity index (χ0n) is 13.9. The number of carbonyl (C=O) groups excluding carboxylic acids is 3. The molecule has 2 aliphatic heterocycles. The standard InChI is InChI=1S/C17H21N3O4/c1-3-15(21)18-9-13-10-20(17(23)24-13)12-5-6-14-11(7-12)8-16(22)19(14)4-2/h5-7,13H,3-4,8-10H2,1-2H3,(H,18,21)/t13-/m0/s1. The molecule has 1 atom stereocenters. The maximum atomic E-state index is 12.1. The van der Waals surface area contributed by atoms with Crippen LogP contribution in [0.1, 0.15) is 25.8 Å². The van der Waals surface area contributed by atoms with E-state index < -0.39 is 6.09 Å². The number of nitrogens with one attached hydrogen (secondary N) is 1. The Morgan fingerprint density at radius 2 is 2.12 bits per heavy atom. The lowest BCUT2D eigenvalue weighted by atomic mass is 10.1. The Bertz CT molecular complexity index is 688. The molecule has 7 heteroatoms. The molecule has 1 fully saturated rings. The molecule has 2 aliphatic rings. The van der Waals surface area contributed by atoms with E-state index >= 15 is 0 Å². The van der Waals surface area contributed by atoms with Gasteiger partial charge in [0, 0.05) is 24.3 Å². The first-order valence-electron chi connectivity index (χ1n) is 8.21. The predicted molar refractivity (Wildman–Crippen MR) is 89.1 cm³/mol. The van der Waals surface area contributed by atoms with Crippen molar-refractivity contribution in [2.45, 2.75) is 32.8 Å². The largest absolute Gasteiger partial charge is 0.442 e. The fraction of sp³-hybridized carbons (Fsp3) is 0.471. The molecule has 0 aromatic heterocycles. The van der Waals surface area contributed by atoms with E-state index in [0.717, 1.165) is 11.3 Å². The van der Waals surface area contributed by atoms with Gasteiger partial charge in [0.25, 0.3) is 0 Å². The van der Waals surface area contributed by atoms with Gasteiger partial charge < -0.3 is 15.0 Å². The molecule has 0 unspecified atom stereocenters. The monoisotopic (exact) mass is 331 g/mol. The van der Waals surface area contributed by atoms with E-state index in [2.05, 4.69) is 5.32 Å². The highest BCUT2D eigenvalue weighted by Gasteiger charge is 2.34. The zero-order valence-corrected chi connectivity index (χ0v) is 13.9. The molecule has 3 rings (SSSR count). The number of amides is 3. The van der Waals surface area contributed by atoms with Gasteiger partial charge in [0.2, 0.25) is 11.8 Å². The Balaban J connectivity index is 1.71. The second-order valence-corrected chi connectivity index (χ2v) is 5.90. The van der Waals surface area contributed by atoms with Crippen molar-refractivity contribution in [3.63, 3.8) is 0 Å². The summed E-state index contributed by atoms with van der Waals surface area (Å²) in [4.78, 5) is 38.7. The summed E-state index contributed by atoms with van der Waals surface area (Å²) in [5, 5.41) is 2.73. The van der Waals surface area contributed by atoms with Crippen LogP contribution in [0.5, 0.6) is 0 Å². The van der Waals surface area contributed by atoms with Crippen LogP contribution >= 0.6 is 0 Å². The van der Waals surface area contributed by atoms with E-state index in [0.29, 0.717) is 38.2 Å². The van der Waals surface area contributed by atoms with Gasteiger partial charge in [-0.05, 0) is 30.7 Å². The summed E-state index contributed by atoms with van der Waals surface area (Å²) in [5.74, 6) is 0.00834. The number of cyclic esters (lactones) is 1. The molecule has 1 aromatic rings. The lowest BCUT2D eigenvalue weighted by Gasteiger charge is -2.17. The maximum Gasteiger partial charge on any atom is 0.414 e. The molecule has 3 amide bonds. The van der Waals surface area contributed by atoms with Gasteiger partial charge in [0.15, 0.2) is 0 Å². The van der Waals surface area contributed by atoms with Crippen LogP contribution < -0.4 is 15.1 Å². The first-order chi connectivity index (χ1) is 11.5. The van der Waals surface area contributed by atoms with Gasteiger partial charge in [0.05, 0.1) is 19.5 Å². The number of rotatable bonds is 5. The minimum Gasteiger partial charge on any atom is -0.442 e. The summed E-state index contributed by atoms with van der Waals surface area (Å²) in [7, 11) is 0. The Hall–Kier alpha value is -2.57. The number of likely N-dealkylation sites (N-methyl/N-ethyl adjacent to an activating group) is 1. The van der Waals surface area contributed by atoms with Gasteiger partial charge in [-0.1, -0.05) is 6.92 Å². The molecule has 0 saturated carbocycles. The van der Waals surface area contributed by atoms with Crippen LogP contribution in [0, 0.1) is 0 Å². The molecule has 0 spiro atoms. The highest BCUT2D eigenvalue weighted by molar-refractivity contribution is 6.02. The van der Waals surface area contributed by atoms with Crippen molar-refractivity contribution < 1.29 is 19.1 Å². The number of fused-ring (bicyclic) bond motifs is 1. The van der Waals surface area contributed by atoms with E-state index in [-0.39, 0.29) is 17.9 Å². The minimum absolute atomic E-state index is 0.0693. The number of hydrogen-bond donors (Lipinski definition) is 1. The summed E-state index contributed by atoms with van der Waals surface area (Å²) in [6.45, 7) is 5.03. The third kappa shape index (κ3) is 2.93.